The van der Waals surface area contributed by atoms with Crippen molar-refractivity contribution >= 4 is 22.6 Å². The number of ether oxygens (including phenoxy) is 1. The SMILES string of the molecule is Cn1c(/C(C#N)=C(\O)COC(=O)[C@H]2CC=CCC2)nc2ccccc21. The van der Waals surface area contributed by atoms with Gasteiger partial charge in [0, 0.05) is 7.05 Å². The molecule has 0 saturated carbocycles. The van der Waals surface area contributed by atoms with Crippen LogP contribution in [0, 0.1) is 17.2 Å². The molecule has 0 spiro atoms. The molecule has 1 heterocycles. The molecule has 1 N–H and O–H groups in total. The molecular weight excluding hydrogens is 318 g/mol. The van der Waals surface area contributed by atoms with Gasteiger partial charge in [0.25, 0.3) is 0 Å². The number of rotatable bonds is 4. The van der Waals surface area contributed by atoms with Crippen molar-refractivity contribution in [2.75, 3.05) is 6.61 Å². The minimum atomic E-state index is -0.349. The number of carbonyl (C=O) groups excluding carboxylic acids is 1. The maximum atomic E-state index is 12.1. The molecule has 0 radical (unpaired) electrons. The van der Waals surface area contributed by atoms with E-state index in [1.165, 1.54) is 0 Å². The molecule has 0 bridgehead atoms. The number of esters is 1. The summed E-state index contributed by atoms with van der Waals surface area (Å²) in [6, 6.07) is 9.42. The number of para-hydroxylation sites is 2. The third-order valence-electron chi connectivity index (χ3n) is 4.36. The molecule has 6 heteroatoms. The molecule has 0 aliphatic heterocycles. The molecule has 1 atom stereocenters. The minimum Gasteiger partial charge on any atom is -0.507 e. The van der Waals surface area contributed by atoms with Crippen LogP contribution in [0.3, 0.4) is 0 Å². The van der Waals surface area contributed by atoms with Crippen LogP contribution in [0.1, 0.15) is 25.1 Å². The third-order valence-corrected chi connectivity index (χ3v) is 4.36. The smallest absolute Gasteiger partial charge is 0.309 e. The van der Waals surface area contributed by atoms with E-state index in [-0.39, 0.29) is 29.8 Å². The van der Waals surface area contributed by atoms with Gasteiger partial charge < -0.3 is 14.4 Å². The number of aliphatic hydroxyl groups excluding tert-OH is 1. The average molecular weight is 337 g/mol. The average Bonchev–Trinajstić information content (AvgIpc) is 2.98. The zero-order chi connectivity index (χ0) is 17.8. The predicted molar refractivity (Wildman–Crippen MR) is 93.3 cm³/mol. The first-order valence-electron chi connectivity index (χ1n) is 8.17. The van der Waals surface area contributed by atoms with Crippen LogP contribution in [0.4, 0.5) is 0 Å². The molecule has 0 unspecified atom stereocenters. The van der Waals surface area contributed by atoms with E-state index in [9.17, 15) is 15.2 Å². The number of aromatic nitrogens is 2. The summed E-state index contributed by atoms with van der Waals surface area (Å²) in [6.45, 7) is -0.328. The van der Waals surface area contributed by atoms with Crippen molar-refractivity contribution in [3.63, 3.8) is 0 Å². The number of hydrogen-bond donors (Lipinski definition) is 1. The van der Waals surface area contributed by atoms with Crippen molar-refractivity contribution in [2.24, 2.45) is 13.0 Å². The Morgan fingerprint density at radius 3 is 2.92 bits per heavy atom. The number of allylic oxidation sites excluding steroid dienone is 3. The summed E-state index contributed by atoms with van der Waals surface area (Å²) >= 11 is 0. The van der Waals surface area contributed by atoms with Crippen LogP contribution in [0.5, 0.6) is 0 Å². The first kappa shape index (κ1) is 16.8. The molecule has 0 saturated heterocycles. The van der Waals surface area contributed by atoms with Gasteiger partial charge in [-0.05, 0) is 31.4 Å². The van der Waals surface area contributed by atoms with Gasteiger partial charge in [0.15, 0.2) is 11.6 Å². The standard InChI is InChI=1S/C19H19N3O3/c1-22-16-10-6-5-9-15(16)21-18(22)14(11-20)17(23)12-25-19(24)13-7-3-2-4-8-13/h2-3,5-6,9-10,13,23H,4,7-8,12H2,1H3/b17-14-/t13-/m0/s1. The zero-order valence-electron chi connectivity index (χ0n) is 14.0. The zero-order valence-corrected chi connectivity index (χ0v) is 14.0. The fourth-order valence-corrected chi connectivity index (χ4v) is 2.95. The molecule has 3 rings (SSSR count). The van der Waals surface area contributed by atoms with Crippen molar-refractivity contribution in [1.82, 2.24) is 9.55 Å². The highest BCUT2D eigenvalue weighted by Crippen LogP contribution is 2.23. The lowest BCUT2D eigenvalue weighted by molar-refractivity contribution is -0.148. The quantitative estimate of drug-likeness (QED) is 0.400. The molecule has 0 amide bonds. The van der Waals surface area contributed by atoms with Crippen LogP contribution >= 0.6 is 0 Å². The molecule has 128 valence electrons. The first-order valence-corrected chi connectivity index (χ1v) is 8.17. The summed E-state index contributed by atoms with van der Waals surface area (Å²) in [6.07, 6.45) is 6.26. The summed E-state index contributed by atoms with van der Waals surface area (Å²) in [7, 11) is 1.77. The Morgan fingerprint density at radius 1 is 1.44 bits per heavy atom. The van der Waals surface area contributed by atoms with Gasteiger partial charge in [0.2, 0.25) is 0 Å². The van der Waals surface area contributed by atoms with Crippen molar-refractivity contribution in [3.05, 3.63) is 48.0 Å². The molecule has 6 nitrogen and oxygen atoms in total. The molecule has 1 aliphatic rings. The van der Waals surface area contributed by atoms with E-state index in [1.54, 1.807) is 11.6 Å². The highest BCUT2D eigenvalue weighted by Gasteiger charge is 2.22. The Balaban J connectivity index is 1.80. The Labute approximate surface area is 145 Å². The van der Waals surface area contributed by atoms with Crippen molar-refractivity contribution < 1.29 is 14.6 Å². The Morgan fingerprint density at radius 2 is 2.24 bits per heavy atom. The summed E-state index contributed by atoms with van der Waals surface area (Å²) in [4.78, 5) is 16.5. The lowest BCUT2D eigenvalue weighted by Gasteiger charge is -2.16. The van der Waals surface area contributed by atoms with Crippen LogP contribution < -0.4 is 0 Å². The van der Waals surface area contributed by atoms with Crippen molar-refractivity contribution in [3.8, 4) is 6.07 Å². The van der Waals surface area contributed by atoms with Gasteiger partial charge in [-0.3, -0.25) is 4.79 Å². The van der Waals surface area contributed by atoms with Crippen LogP contribution in [-0.2, 0) is 16.6 Å². The Kier molecular flexibility index (Phi) is 4.85. The summed E-state index contributed by atoms with van der Waals surface area (Å²) in [5.74, 6) is -0.476. The highest BCUT2D eigenvalue weighted by atomic mass is 16.5. The lowest BCUT2D eigenvalue weighted by Crippen LogP contribution is -2.20. The maximum Gasteiger partial charge on any atom is 0.309 e. The van der Waals surface area contributed by atoms with Crippen molar-refractivity contribution in [1.29, 1.82) is 5.26 Å². The maximum absolute atomic E-state index is 12.1. The second-order valence-corrected chi connectivity index (χ2v) is 6.01. The lowest BCUT2D eigenvalue weighted by atomic mass is 9.95. The number of nitrogens with zero attached hydrogens (tertiary/aromatic N) is 3. The monoisotopic (exact) mass is 337 g/mol. The van der Waals surface area contributed by atoms with Crippen LogP contribution in [0.2, 0.25) is 0 Å². The van der Waals surface area contributed by atoms with Gasteiger partial charge in [0.1, 0.15) is 18.2 Å². The molecule has 0 fully saturated rings. The van der Waals surface area contributed by atoms with Gasteiger partial charge in [-0.15, -0.1) is 0 Å². The normalized spacial score (nSPS) is 17.8. The van der Waals surface area contributed by atoms with E-state index < -0.39 is 0 Å². The molecule has 1 aliphatic carbocycles. The molecular formula is C19H19N3O3. The molecule has 1 aromatic heterocycles. The third kappa shape index (κ3) is 3.41. The highest BCUT2D eigenvalue weighted by molar-refractivity contribution is 5.84. The number of aryl methyl sites for hydroxylation is 1. The fourth-order valence-electron chi connectivity index (χ4n) is 2.95. The molecule has 2 aromatic rings. The first-order chi connectivity index (χ1) is 12.1. The predicted octanol–water partition coefficient (Wildman–Crippen LogP) is 3.27. The van der Waals surface area contributed by atoms with E-state index in [0.717, 1.165) is 23.9 Å². The van der Waals surface area contributed by atoms with E-state index in [0.29, 0.717) is 12.2 Å². The second kappa shape index (κ2) is 7.22. The van der Waals surface area contributed by atoms with Gasteiger partial charge in [0.05, 0.1) is 17.0 Å². The minimum absolute atomic E-state index is 0.00930. The molecule has 1 aromatic carbocycles. The number of carbonyl (C=O) groups is 1. The number of fused-ring (bicyclic) bond motifs is 1. The number of aliphatic hydroxyl groups is 1. The fraction of sp³-hybridized carbons (Fsp3) is 0.316. The van der Waals surface area contributed by atoms with Gasteiger partial charge in [-0.2, -0.15) is 5.26 Å². The Hall–Kier alpha value is -3.07. The summed E-state index contributed by atoms with van der Waals surface area (Å²) in [5.41, 5.74) is 1.59. The summed E-state index contributed by atoms with van der Waals surface area (Å²) in [5, 5.41) is 19.7. The molecule has 25 heavy (non-hydrogen) atoms. The number of hydrogen-bond acceptors (Lipinski definition) is 5. The van der Waals surface area contributed by atoms with E-state index >= 15 is 0 Å². The number of imidazole rings is 1. The van der Waals surface area contributed by atoms with Gasteiger partial charge >= 0.3 is 5.97 Å². The van der Waals surface area contributed by atoms with Crippen LogP contribution in [-0.4, -0.2) is 27.2 Å². The second-order valence-electron chi connectivity index (χ2n) is 6.01. The number of nitriles is 1. The van der Waals surface area contributed by atoms with E-state index in [4.69, 9.17) is 4.74 Å². The van der Waals surface area contributed by atoms with Crippen LogP contribution in [0.25, 0.3) is 16.6 Å². The van der Waals surface area contributed by atoms with Crippen LogP contribution in [0.15, 0.2) is 42.2 Å². The Bertz CT molecular complexity index is 902. The largest absolute Gasteiger partial charge is 0.507 e. The summed E-state index contributed by atoms with van der Waals surface area (Å²) < 4.78 is 6.93. The van der Waals surface area contributed by atoms with Gasteiger partial charge in [-0.1, -0.05) is 24.3 Å². The van der Waals surface area contributed by atoms with E-state index in [1.807, 2.05) is 42.5 Å². The van der Waals surface area contributed by atoms with Gasteiger partial charge in [-0.25, -0.2) is 4.98 Å². The topological polar surface area (TPSA) is 88.1 Å². The number of benzene rings is 1. The van der Waals surface area contributed by atoms with E-state index in [2.05, 4.69) is 4.98 Å². The van der Waals surface area contributed by atoms with Crippen molar-refractivity contribution in [2.45, 2.75) is 19.3 Å².